The summed E-state index contributed by atoms with van der Waals surface area (Å²) >= 11 is 1.36. The number of nitrogens with one attached hydrogen (secondary N) is 1. The van der Waals surface area contributed by atoms with Crippen molar-refractivity contribution in [3.63, 3.8) is 0 Å². The highest BCUT2D eigenvalue weighted by Gasteiger charge is 2.25. The minimum atomic E-state index is -0.221. The number of benzene rings is 2. The monoisotopic (exact) mass is 407 g/mol. The fourth-order valence-corrected chi connectivity index (χ4v) is 4.28. The molecule has 1 aliphatic heterocycles. The van der Waals surface area contributed by atoms with Crippen LogP contribution in [0.5, 0.6) is 5.75 Å². The molecule has 1 N–H and O–H groups in total. The van der Waals surface area contributed by atoms with Crippen LogP contribution in [0, 0.1) is 6.92 Å². The van der Waals surface area contributed by atoms with Gasteiger partial charge in [-0.3, -0.25) is 9.59 Å². The van der Waals surface area contributed by atoms with E-state index in [0.29, 0.717) is 35.0 Å². The van der Waals surface area contributed by atoms with Gasteiger partial charge in [-0.05, 0) is 25.5 Å². The molecule has 0 unspecified atom stereocenters. The molecule has 3 aromatic rings. The molecule has 2 amide bonds. The second kappa shape index (κ2) is 8.05. The first-order valence-corrected chi connectivity index (χ1v) is 10.2. The van der Waals surface area contributed by atoms with Gasteiger partial charge >= 0.3 is 0 Å². The van der Waals surface area contributed by atoms with E-state index in [-0.39, 0.29) is 11.8 Å². The highest BCUT2D eigenvalue weighted by atomic mass is 32.1. The number of amides is 2. The van der Waals surface area contributed by atoms with E-state index in [1.807, 2.05) is 43.3 Å². The molecule has 0 saturated carbocycles. The van der Waals surface area contributed by atoms with Gasteiger partial charge < -0.3 is 15.0 Å². The van der Waals surface area contributed by atoms with Crippen LogP contribution in [-0.2, 0) is 4.79 Å². The zero-order chi connectivity index (χ0) is 20.4. The number of aromatic nitrogens is 1. The summed E-state index contributed by atoms with van der Waals surface area (Å²) < 4.78 is 5.48. The van der Waals surface area contributed by atoms with E-state index >= 15 is 0 Å². The van der Waals surface area contributed by atoms with Gasteiger partial charge in [-0.25, -0.2) is 4.98 Å². The van der Waals surface area contributed by atoms with E-state index in [1.54, 1.807) is 24.1 Å². The van der Waals surface area contributed by atoms with Gasteiger partial charge in [0.05, 0.1) is 23.5 Å². The lowest BCUT2D eigenvalue weighted by atomic mass is 10.1. The number of thiazole rings is 1. The van der Waals surface area contributed by atoms with Crippen molar-refractivity contribution in [3.8, 4) is 17.0 Å². The van der Waals surface area contributed by atoms with Gasteiger partial charge in [0.25, 0.3) is 5.91 Å². The Morgan fingerprint density at radius 3 is 2.69 bits per heavy atom. The first-order chi connectivity index (χ1) is 14.1. The predicted octanol–water partition coefficient (Wildman–Crippen LogP) is 4.51. The standard InChI is InChI=1S/C22H21N3O3S/c1-14-23-20(15-7-4-3-5-8-15)21(29-14)22(27)24-16-10-11-17(18(13-16)28-2)25-12-6-9-19(25)26/h3-5,7-8,10-11,13H,6,9,12H2,1-2H3,(H,24,27). The topological polar surface area (TPSA) is 71.5 Å². The van der Waals surface area contributed by atoms with Crippen LogP contribution in [-0.4, -0.2) is 30.5 Å². The van der Waals surface area contributed by atoms with Crippen LogP contribution in [0.1, 0.15) is 27.5 Å². The van der Waals surface area contributed by atoms with Crippen LogP contribution in [0.25, 0.3) is 11.3 Å². The number of rotatable bonds is 5. The number of hydrogen-bond acceptors (Lipinski definition) is 5. The maximum atomic E-state index is 13.0. The van der Waals surface area contributed by atoms with Crippen LogP contribution < -0.4 is 15.0 Å². The fraction of sp³-hybridized carbons (Fsp3) is 0.227. The van der Waals surface area contributed by atoms with Crippen LogP contribution >= 0.6 is 11.3 Å². The van der Waals surface area contributed by atoms with E-state index < -0.39 is 0 Å². The van der Waals surface area contributed by atoms with Gasteiger partial charge in [0, 0.05) is 30.3 Å². The number of carbonyl (C=O) groups is 2. The van der Waals surface area contributed by atoms with Crippen LogP contribution in [0.4, 0.5) is 11.4 Å². The lowest BCUT2D eigenvalue weighted by molar-refractivity contribution is -0.117. The SMILES string of the molecule is COc1cc(NC(=O)c2sc(C)nc2-c2ccccc2)ccc1N1CCCC1=O. The van der Waals surface area contributed by atoms with Crippen LogP contribution in [0.3, 0.4) is 0 Å². The van der Waals surface area contributed by atoms with Crippen LogP contribution in [0.15, 0.2) is 48.5 Å². The normalized spacial score (nSPS) is 13.6. The van der Waals surface area contributed by atoms with E-state index in [4.69, 9.17) is 4.74 Å². The number of ether oxygens (including phenoxy) is 1. The predicted molar refractivity (Wildman–Crippen MR) is 115 cm³/mol. The summed E-state index contributed by atoms with van der Waals surface area (Å²) in [6.45, 7) is 2.57. The first kappa shape index (κ1) is 19.1. The maximum Gasteiger partial charge on any atom is 0.268 e. The summed E-state index contributed by atoms with van der Waals surface area (Å²) in [7, 11) is 1.56. The zero-order valence-corrected chi connectivity index (χ0v) is 17.1. The number of hydrogen-bond donors (Lipinski definition) is 1. The van der Waals surface area contributed by atoms with E-state index in [1.165, 1.54) is 11.3 Å². The number of methoxy groups -OCH3 is 1. The molecule has 7 heteroatoms. The van der Waals surface area contributed by atoms with Crippen LogP contribution in [0.2, 0.25) is 0 Å². The summed E-state index contributed by atoms with van der Waals surface area (Å²) in [6.07, 6.45) is 1.39. The Morgan fingerprint density at radius 2 is 2.00 bits per heavy atom. The minimum Gasteiger partial charge on any atom is -0.494 e. The zero-order valence-electron chi connectivity index (χ0n) is 16.3. The smallest absolute Gasteiger partial charge is 0.268 e. The molecular weight excluding hydrogens is 386 g/mol. The maximum absolute atomic E-state index is 13.0. The molecule has 148 valence electrons. The lowest BCUT2D eigenvalue weighted by Crippen LogP contribution is -2.24. The van der Waals surface area contributed by atoms with E-state index in [0.717, 1.165) is 22.7 Å². The molecule has 1 fully saturated rings. The lowest BCUT2D eigenvalue weighted by Gasteiger charge is -2.19. The fourth-order valence-electron chi connectivity index (χ4n) is 3.44. The summed E-state index contributed by atoms with van der Waals surface area (Å²) in [5.74, 6) is 0.427. The number of aryl methyl sites for hydroxylation is 1. The van der Waals surface area contributed by atoms with Crippen molar-refractivity contribution in [2.24, 2.45) is 0 Å². The Balaban J connectivity index is 1.60. The van der Waals surface area contributed by atoms with Crippen molar-refractivity contribution in [3.05, 3.63) is 58.4 Å². The second-order valence-electron chi connectivity index (χ2n) is 6.77. The minimum absolute atomic E-state index is 0.0905. The van der Waals surface area contributed by atoms with Crippen molar-refractivity contribution in [2.45, 2.75) is 19.8 Å². The molecule has 4 rings (SSSR count). The first-order valence-electron chi connectivity index (χ1n) is 9.39. The molecule has 2 aromatic carbocycles. The Morgan fingerprint density at radius 1 is 1.21 bits per heavy atom. The molecule has 0 spiro atoms. The molecule has 1 aliphatic rings. The summed E-state index contributed by atoms with van der Waals surface area (Å²) in [4.78, 5) is 31.9. The Hall–Kier alpha value is -3.19. The molecule has 2 heterocycles. The molecule has 6 nitrogen and oxygen atoms in total. The Labute approximate surface area is 173 Å². The second-order valence-corrected chi connectivity index (χ2v) is 7.97. The quantitative estimate of drug-likeness (QED) is 0.676. The number of carbonyl (C=O) groups excluding carboxylic acids is 2. The molecule has 0 radical (unpaired) electrons. The van der Waals surface area contributed by atoms with Crippen molar-refractivity contribution in [1.29, 1.82) is 0 Å². The average Bonchev–Trinajstić information content (AvgIpc) is 3.34. The Bertz CT molecular complexity index is 1060. The van der Waals surface area contributed by atoms with Gasteiger partial charge in [0.1, 0.15) is 10.6 Å². The van der Waals surface area contributed by atoms with Crippen molar-refractivity contribution in [1.82, 2.24) is 4.98 Å². The van der Waals surface area contributed by atoms with Gasteiger partial charge in [-0.2, -0.15) is 0 Å². The van der Waals surface area contributed by atoms with Gasteiger partial charge in [-0.1, -0.05) is 30.3 Å². The highest BCUT2D eigenvalue weighted by Crippen LogP contribution is 2.34. The molecule has 1 aromatic heterocycles. The van der Waals surface area contributed by atoms with Gasteiger partial charge in [0.2, 0.25) is 5.91 Å². The Kier molecular flexibility index (Phi) is 5.31. The van der Waals surface area contributed by atoms with Gasteiger partial charge in [-0.15, -0.1) is 11.3 Å². The molecule has 0 atom stereocenters. The summed E-state index contributed by atoms with van der Waals surface area (Å²) in [5.41, 5.74) is 2.92. The summed E-state index contributed by atoms with van der Waals surface area (Å²) in [5, 5.41) is 3.76. The van der Waals surface area contributed by atoms with Gasteiger partial charge in [0.15, 0.2) is 0 Å². The highest BCUT2D eigenvalue weighted by molar-refractivity contribution is 7.14. The molecular formula is C22H21N3O3S. The third-order valence-corrected chi connectivity index (χ3v) is 5.76. The number of anilines is 2. The summed E-state index contributed by atoms with van der Waals surface area (Å²) in [6, 6.07) is 15.0. The van der Waals surface area contributed by atoms with E-state index in [2.05, 4.69) is 10.3 Å². The molecule has 0 bridgehead atoms. The molecule has 0 aliphatic carbocycles. The largest absolute Gasteiger partial charge is 0.494 e. The third kappa shape index (κ3) is 3.86. The average molecular weight is 407 g/mol. The van der Waals surface area contributed by atoms with Crippen molar-refractivity contribution in [2.75, 3.05) is 23.9 Å². The molecule has 1 saturated heterocycles. The number of nitrogens with zero attached hydrogens (tertiary/aromatic N) is 2. The van der Waals surface area contributed by atoms with Crippen molar-refractivity contribution < 1.29 is 14.3 Å². The van der Waals surface area contributed by atoms with Crippen molar-refractivity contribution >= 4 is 34.5 Å². The van der Waals surface area contributed by atoms with E-state index in [9.17, 15) is 9.59 Å². The third-order valence-electron chi connectivity index (χ3n) is 4.79. The molecule has 29 heavy (non-hydrogen) atoms.